The molecule has 0 aliphatic heterocycles. The number of hydrogen-bond acceptors (Lipinski definition) is 1. The van der Waals surface area contributed by atoms with Gasteiger partial charge in [-0.15, -0.1) is 0 Å². The van der Waals surface area contributed by atoms with Crippen molar-refractivity contribution in [3.8, 4) is 0 Å². The molecule has 4 heteroatoms. The lowest BCUT2D eigenvalue weighted by Crippen LogP contribution is -2.12. The molecule has 0 saturated heterocycles. The maximum absolute atomic E-state index is 10.4. The highest BCUT2D eigenvalue weighted by atomic mass is 32.3. The third-order valence-corrected chi connectivity index (χ3v) is 8.53. The van der Waals surface area contributed by atoms with Crippen molar-refractivity contribution in [1.29, 1.82) is 0 Å². The summed E-state index contributed by atoms with van der Waals surface area (Å²) in [5.74, 6) is 0.437. The van der Waals surface area contributed by atoms with Crippen LogP contribution in [-0.2, 0) is 4.79 Å². The number of carbonyl (C=O) groups is 1. The van der Waals surface area contributed by atoms with Gasteiger partial charge in [-0.05, 0) is 43.5 Å². The summed E-state index contributed by atoms with van der Waals surface area (Å²) < 4.78 is 0. The van der Waals surface area contributed by atoms with E-state index in [2.05, 4.69) is 31.3 Å². The van der Waals surface area contributed by atoms with Gasteiger partial charge in [0, 0.05) is 11.5 Å². The molecule has 88 valence electrons. The number of carboxylic acid groups (broad SMARTS) is 1. The number of hydrogen-bond donors (Lipinski definition) is 1. The summed E-state index contributed by atoms with van der Waals surface area (Å²) >= 11 is 0. The third-order valence-electron chi connectivity index (χ3n) is 1.76. The number of carboxylic acids is 1. The summed E-state index contributed by atoms with van der Waals surface area (Å²) in [6.45, 7) is 0. The molecule has 1 N–H and O–H groups in total. The normalized spacial score (nSPS) is 15.2. The summed E-state index contributed by atoms with van der Waals surface area (Å²) in [6.07, 6.45) is 12.8. The Bertz CT molecular complexity index is 195. The minimum absolute atomic E-state index is 0.329. The molecule has 14 heavy (non-hydrogen) atoms. The maximum atomic E-state index is 10.4. The lowest BCUT2D eigenvalue weighted by Gasteiger charge is -2.40. The van der Waals surface area contributed by atoms with E-state index in [9.17, 15) is 4.79 Å². The van der Waals surface area contributed by atoms with Crippen LogP contribution in [-0.4, -0.2) is 53.2 Å². The Balaban J connectivity index is 3.89. The first-order valence-electron chi connectivity index (χ1n) is 4.69. The minimum Gasteiger partial charge on any atom is -0.481 e. The fraction of sp³-hybridized carbons (Fsp3) is 0.900. The van der Waals surface area contributed by atoms with Crippen LogP contribution in [0.5, 0.6) is 0 Å². The van der Waals surface area contributed by atoms with Gasteiger partial charge in [-0.3, -0.25) is 4.79 Å². The van der Waals surface area contributed by atoms with Gasteiger partial charge >= 0.3 is 5.97 Å². The Kier molecular flexibility index (Phi) is 5.37. The second-order valence-corrected chi connectivity index (χ2v) is 14.2. The monoisotopic (exact) mass is 240 g/mol. The van der Waals surface area contributed by atoms with Crippen molar-refractivity contribution in [2.75, 3.05) is 42.1 Å². The van der Waals surface area contributed by atoms with Gasteiger partial charge in [0.1, 0.15) is 0 Å². The van der Waals surface area contributed by atoms with E-state index in [0.29, 0.717) is 6.42 Å². The van der Waals surface area contributed by atoms with Crippen LogP contribution in [0.2, 0.25) is 0 Å². The highest BCUT2D eigenvalue weighted by Gasteiger charge is 2.17. The number of aliphatic carboxylic acids is 1. The van der Waals surface area contributed by atoms with E-state index >= 15 is 0 Å². The van der Waals surface area contributed by atoms with Crippen LogP contribution in [0.15, 0.2) is 0 Å². The van der Waals surface area contributed by atoms with Gasteiger partial charge in [-0.2, -0.15) is 0 Å². The van der Waals surface area contributed by atoms with Gasteiger partial charge in [0.05, 0.1) is 0 Å². The highest BCUT2D eigenvalue weighted by molar-refractivity contribution is 8.47. The molecule has 0 bridgehead atoms. The highest BCUT2D eigenvalue weighted by Crippen LogP contribution is 2.53. The standard InChI is InChI=1S/C10H24O2S2/c1-13(2,3)9-14(4,5)8-6-7-10(11)12/h6-9H2,1-5H3,(H,11,12). The second kappa shape index (κ2) is 5.31. The molecule has 0 saturated carbocycles. The van der Waals surface area contributed by atoms with Gasteiger partial charge in [0.25, 0.3) is 0 Å². The Morgan fingerprint density at radius 2 is 1.64 bits per heavy atom. The summed E-state index contributed by atoms with van der Waals surface area (Å²) in [6, 6.07) is 0. The molecule has 0 aromatic heterocycles. The van der Waals surface area contributed by atoms with Crippen molar-refractivity contribution in [1.82, 2.24) is 0 Å². The summed E-state index contributed by atoms with van der Waals surface area (Å²) in [5.41, 5.74) is 0. The van der Waals surface area contributed by atoms with Crippen LogP contribution >= 0.6 is 20.1 Å². The van der Waals surface area contributed by atoms with Crippen LogP contribution in [0.25, 0.3) is 0 Å². The predicted octanol–water partition coefficient (Wildman–Crippen LogP) is 2.57. The van der Waals surface area contributed by atoms with E-state index < -0.39 is 26.0 Å². The van der Waals surface area contributed by atoms with Crippen molar-refractivity contribution < 1.29 is 9.90 Å². The Labute approximate surface area is 91.1 Å². The predicted molar refractivity (Wildman–Crippen MR) is 71.4 cm³/mol. The lowest BCUT2D eigenvalue weighted by molar-refractivity contribution is -0.137. The van der Waals surface area contributed by atoms with E-state index in [4.69, 9.17) is 5.11 Å². The average Bonchev–Trinajstić information content (AvgIpc) is 1.78. The summed E-state index contributed by atoms with van der Waals surface area (Å²) in [5, 5.41) is 9.86. The molecule has 0 fully saturated rings. The van der Waals surface area contributed by atoms with Gasteiger partial charge < -0.3 is 5.11 Å². The molecule has 0 aliphatic carbocycles. The molecule has 0 atom stereocenters. The van der Waals surface area contributed by atoms with Gasteiger partial charge in [0.2, 0.25) is 0 Å². The van der Waals surface area contributed by atoms with Crippen LogP contribution in [0, 0.1) is 0 Å². The quantitative estimate of drug-likeness (QED) is 0.775. The van der Waals surface area contributed by atoms with Crippen LogP contribution in [0.4, 0.5) is 0 Å². The zero-order valence-electron chi connectivity index (χ0n) is 10.0. The van der Waals surface area contributed by atoms with Crippen molar-refractivity contribution in [2.45, 2.75) is 12.8 Å². The molecule has 0 aromatic carbocycles. The first-order valence-corrected chi connectivity index (χ1v) is 10.5. The summed E-state index contributed by atoms with van der Waals surface area (Å²) in [4.78, 5) is 10.4. The fourth-order valence-electron chi connectivity index (χ4n) is 1.63. The van der Waals surface area contributed by atoms with E-state index in [1.165, 1.54) is 5.08 Å². The third kappa shape index (κ3) is 8.75. The first-order chi connectivity index (χ1) is 6.12. The first kappa shape index (κ1) is 14.2. The molecule has 0 radical (unpaired) electrons. The Morgan fingerprint density at radius 1 is 1.14 bits per heavy atom. The Morgan fingerprint density at radius 3 is 2.00 bits per heavy atom. The van der Waals surface area contributed by atoms with Crippen LogP contribution in [0.3, 0.4) is 0 Å². The molecule has 0 amide bonds. The largest absolute Gasteiger partial charge is 0.481 e. The molecule has 0 heterocycles. The van der Waals surface area contributed by atoms with Gasteiger partial charge in [-0.25, -0.2) is 20.1 Å². The molecule has 0 aliphatic rings. The lowest BCUT2D eigenvalue weighted by atomic mass is 10.3. The fourth-order valence-corrected chi connectivity index (χ4v) is 10.7. The van der Waals surface area contributed by atoms with E-state index in [-0.39, 0.29) is 0 Å². The second-order valence-electron chi connectivity index (χ2n) is 5.18. The van der Waals surface area contributed by atoms with E-state index in [1.807, 2.05) is 0 Å². The molecule has 0 aromatic rings. The van der Waals surface area contributed by atoms with E-state index in [1.54, 1.807) is 0 Å². The van der Waals surface area contributed by atoms with Crippen molar-refractivity contribution in [2.24, 2.45) is 0 Å². The van der Waals surface area contributed by atoms with Crippen molar-refractivity contribution in [3.63, 3.8) is 0 Å². The molecule has 0 spiro atoms. The molecular weight excluding hydrogens is 216 g/mol. The van der Waals surface area contributed by atoms with Gasteiger partial charge in [0.15, 0.2) is 0 Å². The maximum Gasteiger partial charge on any atom is 0.303 e. The smallest absolute Gasteiger partial charge is 0.303 e. The Hall–Kier alpha value is 0.170. The SMILES string of the molecule is CS(C)(C)CS(C)(C)CCCC(=O)O. The van der Waals surface area contributed by atoms with Gasteiger partial charge in [-0.1, -0.05) is 0 Å². The molecule has 0 rings (SSSR count). The topological polar surface area (TPSA) is 37.3 Å². The number of rotatable bonds is 6. The minimum atomic E-state index is -0.664. The zero-order valence-corrected chi connectivity index (χ0v) is 11.6. The van der Waals surface area contributed by atoms with E-state index in [0.717, 1.165) is 12.2 Å². The molecular formula is C10H24O2S2. The van der Waals surface area contributed by atoms with Crippen LogP contribution in [0.1, 0.15) is 12.8 Å². The zero-order chi connectivity index (χ0) is 11.4. The average molecular weight is 240 g/mol. The van der Waals surface area contributed by atoms with Crippen molar-refractivity contribution >= 4 is 26.0 Å². The van der Waals surface area contributed by atoms with Crippen molar-refractivity contribution in [3.05, 3.63) is 0 Å². The molecule has 2 nitrogen and oxygen atoms in total. The van der Waals surface area contributed by atoms with Crippen LogP contribution < -0.4 is 0 Å². The summed E-state index contributed by atoms with van der Waals surface area (Å²) in [7, 11) is -1.00. The molecule has 0 unspecified atom stereocenters.